The fourth-order valence-electron chi connectivity index (χ4n) is 1.53. The molecule has 1 amide bonds. The van der Waals surface area contributed by atoms with Crippen LogP contribution in [0.15, 0.2) is 16.7 Å². The number of carbonyl (C=O) groups excluding carboxylic acids is 1. The van der Waals surface area contributed by atoms with E-state index in [2.05, 4.69) is 5.32 Å². The number of rotatable bonds is 6. The Balaban J connectivity index is 2.37. The number of nitrogens with zero attached hydrogens (tertiary/aromatic N) is 1. The summed E-state index contributed by atoms with van der Waals surface area (Å²) in [7, 11) is 3.72. The Hall–Kier alpha value is -1.29. The van der Waals surface area contributed by atoms with Crippen LogP contribution in [0.4, 0.5) is 0 Å². The lowest BCUT2D eigenvalue weighted by molar-refractivity contribution is -0.130. The standard InChI is InChI=1S/C12H20N2O2/c1-10-11(6-8-16-10)9-14(3)12(15)5-4-7-13-2/h6,8,13H,4-5,7,9H2,1-3H3. The molecule has 0 aromatic carbocycles. The van der Waals surface area contributed by atoms with Gasteiger partial charge in [0.05, 0.1) is 6.26 Å². The van der Waals surface area contributed by atoms with E-state index in [1.54, 1.807) is 11.2 Å². The molecule has 90 valence electrons. The SMILES string of the molecule is CNCCCC(=O)N(C)Cc1ccoc1C. The fourth-order valence-corrected chi connectivity index (χ4v) is 1.53. The average Bonchev–Trinajstić information content (AvgIpc) is 2.64. The van der Waals surface area contributed by atoms with E-state index in [0.717, 1.165) is 24.3 Å². The van der Waals surface area contributed by atoms with Crippen molar-refractivity contribution in [3.8, 4) is 0 Å². The highest BCUT2D eigenvalue weighted by Crippen LogP contribution is 2.11. The highest BCUT2D eigenvalue weighted by molar-refractivity contribution is 5.75. The van der Waals surface area contributed by atoms with Gasteiger partial charge in [0.1, 0.15) is 5.76 Å². The summed E-state index contributed by atoms with van der Waals surface area (Å²) in [5.41, 5.74) is 1.07. The Kier molecular flexibility index (Phi) is 5.05. The molecular formula is C12H20N2O2. The second kappa shape index (κ2) is 6.33. The smallest absolute Gasteiger partial charge is 0.222 e. The number of nitrogens with one attached hydrogen (secondary N) is 1. The molecular weight excluding hydrogens is 204 g/mol. The van der Waals surface area contributed by atoms with Crippen molar-refractivity contribution in [2.75, 3.05) is 20.6 Å². The average molecular weight is 224 g/mol. The van der Waals surface area contributed by atoms with Gasteiger partial charge in [0.25, 0.3) is 0 Å². The Labute approximate surface area is 96.6 Å². The van der Waals surface area contributed by atoms with E-state index in [4.69, 9.17) is 4.42 Å². The van der Waals surface area contributed by atoms with Crippen LogP contribution in [0, 0.1) is 6.92 Å². The van der Waals surface area contributed by atoms with E-state index >= 15 is 0 Å². The lowest BCUT2D eigenvalue weighted by Gasteiger charge is -2.16. The van der Waals surface area contributed by atoms with Crippen LogP contribution in [0.5, 0.6) is 0 Å². The maximum atomic E-state index is 11.7. The molecule has 0 saturated carbocycles. The van der Waals surface area contributed by atoms with Crippen LogP contribution in [0.3, 0.4) is 0 Å². The van der Waals surface area contributed by atoms with Gasteiger partial charge in [-0.15, -0.1) is 0 Å². The topological polar surface area (TPSA) is 45.5 Å². The minimum absolute atomic E-state index is 0.177. The van der Waals surface area contributed by atoms with E-state index in [9.17, 15) is 4.79 Å². The van der Waals surface area contributed by atoms with Crippen LogP contribution in [-0.2, 0) is 11.3 Å². The van der Waals surface area contributed by atoms with Crippen LogP contribution < -0.4 is 5.32 Å². The number of amides is 1. The molecule has 0 atom stereocenters. The molecule has 0 saturated heterocycles. The summed E-state index contributed by atoms with van der Waals surface area (Å²) in [4.78, 5) is 13.5. The van der Waals surface area contributed by atoms with Crippen LogP contribution in [0.2, 0.25) is 0 Å². The van der Waals surface area contributed by atoms with Crippen LogP contribution in [0.25, 0.3) is 0 Å². The van der Waals surface area contributed by atoms with Gasteiger partial charge in [-0.2, -0.15) is 0 Å². The molecule has 0 aliphatic rings. The Morgan fingerprint density at radius 2 is 2.31 bits per heavy atom. The summed E-state index contributed by atoms with van der Waals surface area (Å²) in [6, 6.07) is 1.91. The van der Waals surface area contributed by atoms with Gasteiger partial charge in [-0.3, -0.25) is 4.79 Å². The van der Waals surface area contributed by atoms with Crippen molar-refractivity contribution in [2.45, 2.75) is 26.3 Å². The molecule has 4 heteroatoms. The van der Waals surface area contributed by atoms with Gasteiger partial charge >= 0.3 is 0 Å². The Bertz CT molecular complexity index is 334. The van der Waals surface area contributed by atoms with Gasteiger partial charge < -0.3 is 14.6 Å². The first-order chi connectivity index (χ1) is 7.65. The Morgan fingerprint density at radius 3 is 2.88 bits per heavy atom. The first-order valence-electron chi connectivity index (χ1n) is 5.56. The first kappa shape index (κ1) is 12.8. The second-order valence-corrected chi connectivity index (χ2v) is 3.96. The zero-order valence-electron chi connectivity index (χ0n) is 10.2. The first-order valence-corrected chi connectivity index (χ1v) is 5.56. The fraction of sp³-hybridized carbons (Fsp3) is 0.583. The third kappa shape index (κ3) is 3.70. The van der Waals surface area contributed by atoms with Gasteiger partial charge in [0, 0.05) is 25.6 Å². The third-order valence-corrected chi connectivity index (χ3v) is 2.62. The third-order valence-electron chi connectivity index (χ3n) is 2.62. The van der Waals surface area contributed by atoms with E-state index in [-0.39, 0.29) is 5.91 Å². The molecule has 0 aliphatic carbocycles. The zero-order valence-corrected chi connectivity index (χ0v) is 10.2. The van der Waals surface area contributed by atoms with Gasteiger partial charge in [0.15, 0.2) is 0 Å². The predicted molar refractivity (Wildman–Crippen MR) is 63.1 cm³/mol. The number of carbonyl (C=O) groups is 1. The highest BCUT2D eigenvalue weighted by Gasteiger charge is 2.10. The molecule has 0 unspecified atom stereocenters. The highest BCUT2D eigenvalue weighted by atomic mass is 16.3. The van der Waals surface area contributed by atoms with E-state index in [1.165, 1.54) is 0 Å². The van der Waals surface area contributed by atoms with Crippen molar-refractivity contribution in [1.82, 2.24) is 10.2 Å². The van der Waals surface area contributed by atoms with Gasteiger partial charge in [-0.25, -0.2) is 0 Å². The lowest BCUT2D eigenvalue weighted by atomic mass is 10.2. The summed E-state index contributed by atoms with van der Waals surface area (Å²) in [5, 5.41) is 3.03. The molecule has 0 bridgehead atoms. The van der Waals surface area contributed by atoms with Crippen molar-refractivity contribution in [1.29, 1.82) is 0 Å². The molecule has 4 nitrogen and oxygen atoms in total. The summed E-state index contributed by atoms with van der Waals surface area (Å²) < 4.78 is 5.20. The second-order valence-electron chi connectivity index (χ2n) is 3.96. The molecule has 0 spiro atoms. The van der Waals surface area contributed by atoms with Gasteiger partial charge in [-0.05, 0) is 33.0 Å². The number of aryl methyl sites for hydroxylation is 1. The normalized spacial score (nSPS) is 10.4. The predicted octanol–water partition coefficient (Wildman–Crippen LogP) is 1.55. The Morgan fingerprint density at radius 1 is 1.56 bits per heavy atom. The summed E-state index contributed by atoms with van der Waals surface area (Å²) in [5.74, 6) is 1.06. The molecule has 16 heavy (non-hydrogen) atoms. The summed E-state index contributed by atoms with van der Waals surface area (Å²) in [6.07, 6.45) is 3.13. The minimum Gasteiger partial charge on any atom is -0.469 e. The zero-order chi connectivity index (χ0) is 12.0. The van der Waals surface area contributed by atoms with Crippen LogP contribution in [0.1, 0.15) is 24.2 Å². The maximum Gasteiger partial charge on any atom is 0.222 e. The molecule has 0 fully saturated rings. The summed E-state index contributed by atoms with van der Waals surface area (Å²) in [6.45, 7) is 3.42. The molecule has 0 radical (unpaired) electrons. The quantitative estimate of drug-likeness (QED) is 0.746. The molecule has 1 N–H and O–H groups in total. The van der Waals surface area contributed by atoms with Crippen molar-refractivity contribution in [2.24, 2.45) is 0 Å². The van der Waals surface area contributed by atoms with Crippen molar-refractivity contribution in [3.63, 3.8) is 0 Å². The van der Waals surface area contributed by atoms with E-state index < -0.39 is 0 Å². The van der Waals surface area contributed by atoms with Gasteiger partial charge in [0.2, 0.25) is 5.91 Å². The number of furan rings is 1. The largest absolute Gasteiger partial charge is 0.469 e. The number of hydrogen-bond acceptors (Lipinski definition) is 3. The molecule has 1 aromatic rings. The summed E-state index contributed by atoms with van der Waals surface area (Å²) >= 11 is 0. The van der Waals surface area contributed by atoms with E-state index in [0.29, 0.717) is 13.0 Å². The molecule has 1 rings (SSSR count). The minimum atomic E-state index is 0.177. The monoisotopic (exact) mass is 224 g/mol. The molecule has 1 heterocycles. The van der Waals surface area contributed by atoms with Crippen molar-refractivity contribution < 1.29 is 9.21 Å². The van der Waals surface area contributed by atoms with Crippen molar-refractivity contribution >= 4 is 5.91 Å². The van der Waals surface area contributed by atoms with Crippen LogP contribution >= 0.6 is 0 Å². The maximum absolute atomic E-state index is 11.7. The molecule has 1 aromatic heterocycles. The molecule has 0 aliphatic heterocycles. The van der Waals surface area contributed by atoms with E-state index in [1.807, 2.05) is 27.1 Å². The lowest BCUT2D eigenvalue weighted by Crippen LogP contribution is -2.26. The van der Waals surface area contributed by atoms with Gasteiger partial charge in [-0.1, -0.05) is 0 Å². The number of hydrogen-bond donors (Lipinski definition) is 1. The van der Waals surface area contributed by atoms with Crippen molar-refractivity contribution in [3.05, 3.63) is 23.7 Å². The van der Waals surface area contributed by atoms with Crippen LogP contribution in [-0.4, -0.2) is 31.4 Å².